The molecule has 0 fully saturated rings. The number of methoxy groups -OCH3 is 1. The molecule has 0 atom stereocenters. The normalized spacial score (nSPS) is 10.5. The molecule has 0 unspecified atom stereocenters. The maximum atomic E-state index is 12.2. The minimum Gasteiger partial charge on any atom is -0.497 e. The lowest BCUT2D eigenvalue weighted by Crippen LogP contribution is -2.14. The van der Waals surface area contributed by atoms with Crippen molar-refractivity contribution in [1.82, 2.24) is 4.98 Å². The van der Waals surface area contributed by atoms with Gasteiger partial charge in [-0.2, -0.15) is 0 Å². The zero-order chi connectivity index (χ0) is 18.4. The standard InChI is InChI=1S/C19H17ClN2O2S2/c1-24-17-7-3-6-15(9-17)21-18(23)10-16-12-26-19(22-16)25-11-13-4-2-5-14(20)8-13/h2-9,12H,10-11H2,1H3,(H,21,23). The molecule has 0 aliphatic carbocycles. The first-order valence-electron chi connectivity index (χ1n) is 7.88. The van der Waals surface area contributed by atoms with Gasteiger partial charge in [0.25, 0.3) is 0 Å². The second-order valence-electron chi connectivity index (χ2n) is 5.48. The Morgan fingerprint density at radius 1 is 1.27 bits per heavy atom. The summed E-state index contributed by atoms with van der Waals surface area (Å²) in [6.07, 6.45) is 0.242. The van der Waals surface area contributed by atoms with Gasteiger partial charge >= 0.3 is 0 Å². The summed E-state index contributed by atoms with van der Waals surface area (Å²) in [6.45, 7) is 0. The first kappa shape index (κ1) is 18.8. The van der Waals surface area contributed by atoms with Crippen LogP contribution in [0.1, 0.15) is 11.3 Å². The van der Waals surface area contributed by atoms with Gasteiger partial charge in [0.2, 0.25) is 5.91 Å². The number of thiazole rings is 1. The molecule has 1 N–H and O–H groups in total. The van der Waals surface area contributed by atoms with Crippen molar-refractivity contribution in [2.75, 3.05) is 12.4 Å². The van der Waals surface area contributed by atoms with Crippen LogP contribution in [-0.2, 0) is 17.0 Å². The third-order valence-corrected chi connectivity index (χ3v) is 5.85. The van der Waals surface area contributed by atoms with Crippen LogP contribution in [0, 0.1) is 0 Å². The van der Waals surface area contributed by atoms with E-state index in [1.165, 1.54) is 0 Å². The fourth-order valence-corrected chi connectivity index (χ4v) is 4.28. The lowest BCUT2D eigenvalue weighted by molar-refractivity contribution is -0.115. The zero-order valence-corrected chi connectivity index (χ0v) is 16.5. The van der Waals surface area contributed by atoms with Crippen LogP contribution < -0.4 is 10.1 Å². The molecule has 0 spiro atoms. The summed E-state index contributed by atoms with van der Waals surface area (Å²) in [5, 5.41) is 5.52. The first-order chi connectivity index (χ1) is 12.6. The second kappa shape index (κ2) is 9.07. The summed E-state index contributed by atoms with van der Waals surface area (Å²) in [6, 6.07) is 15.1. The van der Waals surface area contributed by atoms with Gasteiger partial charge in [-0.1, -0.05) is 41.6 Å². The number of rotatable bonds is 7. The number of ether oxygens (including phenoxy) is 1. The van der Waals surface area contributed by atoms with Crippen molar-refractivity contribution >= 4 is 46.3 Å². The number of nitrogens with zero attached hydrogens (tertiary/aromatic N) is 1. The minimum atomic E-state index is -0.102. The van der Waals surface area contributed by atoms with Crippen molar-refractivity contribution in [3.8, 4) is 5.75 Å². The van der Waals surface area contributed by atoms with Crippen LogP contribution in [0.4, 0.5) is 5.69 Å². The molecule has 1 heterocycles. The molecule has 4 nitrogen and oxygen atoms in total. The fourth-order valence-electron chi connectivity index (χ4n) is 2.28. The Morgan fingerprint density at radius 3 is 2.92 bits per heavy atom. The molecule has 134 valence electrons. The Balaban J connectivity index is 1.53. The molecule has 0 bridgehead atoms. The molecule has 3 aromatic rings. The van der Waals surface area contributed by atoms with Crippen molar-refractivity contribution < 1.29 is 9.53 Å². The van der Waals surface area contributed by atoms with Crippen LogP contribution in [-0.4, -0.2) is 18.0 Å². The molecule has 0 saturated carbocycles. The van der Waals surface area contributed by atoms with Gasteiger partial charge < -0.3 is 10.1 Å². The average Bonchev–Trinajstić information content (AvgIpc) is 3.07. The van der Waals surface area contributed by atoms with Crippen molar-refractivity contribution in [2.45, 2.75) is 16.5 Å². The van der Waals surface area contributed by atoms with Crippen LogP contribution >= 0.6 is 34.7 Å². The smallest absolute Gasteiger partial charge is 0.230 e. The quantitative estimate of drug-likeness (QED) is 0.544. The van der Waals surface area contributed by atoms with Crippen LogP contribution in [0.15, 0.2) is 58.3 Å². The number of thioether (sulfide) groups is 1. The van der Waals surface area contributed by atoms with Gasteiger partial charge in [-0.05, 0) is 29.8 Å². The minimum absolute atomic E-state index is 0.102. The molecule has 0 saturated heterocycles. The molecule has 3 rings (SSSR count). The number of nitrogens with one attached hydrogen (secondary N) is 1. The number of hydrogen-bond donors (Lipinski definition) is 1. The zero-order valence-electron chi connectivity index (χ0n) is 14.1. The topological polar surface area (TPSA) is 51.2 Å². The van der Waals surface area contributed by atoms with Gasteiger partial charge in [0.15, 0.2) is 0 Å². The number of amides is 1. The Kier molecular flexibility index (Phi) is 6.55. The van der Waals surface area contributed by atoms with Crippen LogP contribution in [0.3, 0.4) is 0 Å². The highest BCUT2D eigenvalue weighted by atomic mass is 35.5. The summed E-state index contributed by atoms with van der Waals surface area (Å²) < 4.78 is 6.09. The van der Waals surface area contributed by atoms with Crippen LogP contribution in [0.2, 0.25) is 5.02 Å². The predicted octanol–water partition coefficient (Wildman–Crippen LogP) is 5.28. The fraction of sp³-hybridized carbons (Fsp3) is 0.158. The molecule has 7 heteroatoms. The van der Waals surface area contributed by atoms with Gasteiger partial charge in [-0.25, -0.2) is 4.98 Å². The van der Waals surface area contributed by atoms with Gasteiger partial charge in [0, 0.05) is 27.9 Å². The molecule has 1 aromatic heterocycles. The van der Waals surface area contributed by atoms with E-state index in [1.807, 2.05) is 47.8 Å². The summed E-state index contributed by atoms with van der Waals surface area (Å²) in [7, 11) is 1.60. The molecule has 2 aromatic carbocycles. The lowest BCUT2D eigenvalue weighted by atomic mass is 10.2. The Labute approximate surface area is 165 Å². The van der Waals surface area contributed by atoms with E-state index >= 15 is 0 Å². The molecule has 0 aliphatic rings. The van der Waals surface area contributed by atoms with E-state index in [0.717, 1.165) is 26.4 Å². The number of halogens is 1. The number of aromatic nitrogens is 1. The SMILES string of the molecule is COc1cccc(NC(=O)Cc2csc(SCc3cccc(Cl)c3)n2)c1. The number of hydrogen-bond acceptors (Lipinski definition) is 5. The van der Waals surface area contributed by atoms with E-state index in [4.69, 9.17) is 16.3 Å². The Morgan fingerprint density at radius 2 is 2.12 bits per heavy atom. The lowest BCUT2D eigenvalue weighted by Gasteiger charge is -2.06. The summed E-state index contributed by atoms with van der Waals surface area (Å²) >= 11 is 9.18. The van der Waals surface area contributed by atoms with E-state index in [-0.39, 0.29) is 12.3 Å². The maximum absolute atomic E-state index is 12.2. The highest BCUT2D eigenvalue weighted by Crippen LogP contribution is 2.27. The Hall–Kier alpha value is -2.02. The van der Waals surface area contributed by atoms with Gasteiger partial charge in [0.1, 0.15) is 10.1 Å². The summed E-state index contributed by atoms with van der Waals surface area (Å²) in [5.41, 5.74) is 2.62. The van der Waals surface area contributed by atoms with E-state index in [2.05, 4.69) is 10.3 Å². The highest BCUT2D eigenvalue weighted by molar-refractivity contribution is 8.00. The molecule has 26 heavy (non-hydrogen) atoms. The summed E-state index contributed by atoms with van der Waals surface area (Å²) in [4.78, 5) is 16.7. The third kappa shape index (κ3) is 5.49. The molecular weight excluding hydrogens is 388 g/mol. The Bertz CT molecular complexity index is 899. The predicted molar refractivity (Wildman–Crippen MR) is 108 cm³/mol. The monoisotopic (exact) mass is 404 g/mol. The average molecular weight is 405 g/mol. The molecular formula is C19H17ClN2O2S2. The van der Waals surface area contributed by atoms with E-state index in [1.54, 1.807) is 36.3 Å². The highest BCUT2D eigenvalue weighted by Gasteiger charge is 2.09. The summed E-state index contributed by atoms with van der Waals surface area (Å²) in [5.74, 6) is 1.40. The van der Waals surface area contributed by atoms with E-state index in [9.17, 15) is 4.79 Å². The molecule has 0 aliphatic heterocycles. The number of benzene rings is 2. The van der Waals surface area contributed by atoms with Crippen molar-refractivity contribution in [3.63, 3.8) is 0 Å². The van der Waals surface area contributed by atoms with Crippen LogP contribution in [0.5, 0.6) is 5.75 Å². The maximum Gasteiger partial charge on any atom is 0.230 e. The second-order valence-corrected chi connectivity index (χ2v) is 8.00. The van der Waals surface area contributed by atoms with E-state index in [0.29, 0.717) is 11.4 Å². The van der Waals surface area contributed by atoms with Gasteiger partial charge in [-0.3, -0.25) is 4.79 Å². The van der Waals surface area contributed by atoms with Crippen molar-refractivity contribution in [3.05, 3.63) is 70.2 Å². The van der Waals surface area contributed by atoms with Crippen molar-refractivity contribution in [2.24, 2.45) is 0 Å². The number of carbonyl (C=O) groups is 1. The molecule has 1 amide bonds. The largest absolute Gasteiger partial charge is 0.497 e. The van der Waals surface area contributed by atoms with E-state index < -0.39 is 0 Å². The number of carbonyl (C=O) groups excluding carboxylic acids is 1. The van der Waals surface area contributed by atoms with Crippen molar-refractivity contribution in [1.29, 1.82) is 0 Å². The third-order valence-electron chi connectivity index (χ3n) is 3.48. The van der Waals surface area contributed by atoms with Gasteiger partial charge in [0.05, 0.1) is 19.2 Å². The first-order valence-corrected chi connectivity index (χ1v) is 10.1. The molecule has 0 radical (unpaired) electrons. The number of anilines is 1. The van der Waals surface area contributed by atoms with Gasteiger partial charge in [-0.15, -0.1) is 11.3 Å². The van der Waals surface area contributed by atoms with Crippen LogP contribution in [0.25, 0.3) is 0 Å².